The molecule has 2 N–H and O–H groups in total. The van der Waals surface area contributed by atoms with Crippen LogP contribution in [0.4, 0.5) is 0 Å². The van der Waals surface area contributed by atoms with E-state index >= 15 is 0 Å². The lowest BCUT2D eigenvalue weighted by atomic mass is 10.3. The van der Waals surface area contributed by atoms with Crippen molar-refractivity contribution in [1.82, 2.24) is 5.32 Å². The molecule has 0 radical (unpaired) electrons. The number of rotatable bonds is 3. The van der Waals surface area contributed by atoms with Gasteiger partial charge in [-0.3, -0.25) is 4.79 Å². The fourth-order valence-electron chi connectivity index (χ4n) is 0.396. The second kappa shape index (κ2) is 4.14. The molecule has 0 fully saturated rings. The lowest BCUT2D eigenvalue weighted by Gasteiger charge is -2.16. The SMILES string of the molecule is CC(CO)NC(=O)C(C)(Cl)Cl. The molecule has 0 aromatic heterocycles. The van der Waals surface area contributed by atoms with Crippen molar-refractivity contribution < 1.29 is 9.90 Å². The first-order valence-electron chi connectivity index (χ1n) is 3.17. The number of hydrogen-bond acceptors (Lipinski definition) is 2. The average molecular weight is 200 g/mol. The topological polar surface area (TPSA) is 49.3 Å². The maximum atomic E-state index is 10.9. The van der Waals surface area contributed by atoms with Crippen molar-refractivity contribution in [2.45, 2.75) is 24.2 Å². The van der Waals surface area contributed by atoms with E-state index in [0.717, 1.165) is 0 Å². The number of aliphatic hydroxyl groups is 1. The van der Waals surface area contributed by atoms with Gasteiger partial charge < -0.3 is 10.4 Å². The van der Waals surface area contributed by atoms with Crippen LogP contribution in [0.3, 0.4) is 0 Å². The Balaban J connectivity index is 3.88. The van der Waals surface area contributed by atoms with Gasteiger partial charge in [-0.05, 0) is 13.8 Å². The van der Waals surface area contributed by atoms with Gasteiger partial charge in [-0.1, -0.05) is 23.2 Å². The number of aliphatic hydroxyl groups excluding tert-OH is 1. The minimum atomic E-state index is -1.43. The molecule has 0 rings (SSSR count). The summed E-state index contributed by atoms with van der Waals surface area (Å²) in [5.74, 6) is -0.498. The van der Waals surface area contributed by atoms with Crippen molar-refractivity contribution in [2.24, 2.45) is 0 Å². The summed E-state index contributed by atoms with van der Waals surface area (Å²) in [6.45, 7) is 2.89. The van der Waals surface area contributed by atoms with Crippen molar-refractivity contribution in [3.8, 4) is 0 Å². The second-order valence-corrected chi connectivity index (χ2v) is 4.15. The Labute approximate surface area is 75.7 Å². The monoisotopic (exact) mass is 199 g/mol. The molecule has 66 valence electrons. The second-order valence-electron chi connectivity index (χ2n) is 2.45. The number of nitrogens with one attached hydrogen (secondary N) is 1. The zero-order valence-corrected chi connectivity index (χ0v) is 7.91. The first-order valence-corrected chi connectivity index (χ1v) is 3.93. The van der Waals surface area contributed by atoms with Gasteiger partial charge in [-0.25, -0.2) is 0 Å². The Hall–Kier alpha value is 0.01000. The first-order chi connectivity index (χ1) is 4.88. The number of carbonyl (C=O) groups is 1. The molecule has 0 saturated heterocycles. The lowest BCUT2D eigenvalue weighted by molar-refractivity contribution is -0.122. The van der Waals surface area contributed by atoms with E-state index in [0.29, 0.717) is 0 Å². The van der Waals surface area contributed by atoms with Crippen LogP contribution in [0.5, 0.6) is 0 Å². The van der Waals surface area contributed by atoms with Crippen LogP contribution in [0.1, 0.15) is 13.8 Å². The van der Waals surface area contributed by atoms with Gasteiger partial charge in [0.25, 0.3) is 5.91 Å². The van der Waals surface area contributed by atoms with Crippen LogP contribution in [0.15, 0.2) is 0 Å². The quantitative estimate of drug-likeness (QED) is 0.658. The fraction of sp³-hybridized carbons (Fsp3) is 0.833. The van der Waals surface area contributed by atoms with Gasteiger partial charge in [0.05, 0.1) is 6.61 Å². The van der Waals surface area contributed by atoms with Crippen LogP contribution in [-0.2, 0) is 4.79 Å². The molecule has 1 unspecified atom stereocenters. The van der Waals surface area contributed by atoms with E-state index in [1.165, 1.54) is 6.92 Å². The van der Waals surface area contributed by atoms with E-state index in [1.54, 1.807) is 6.92 Å². The van der Waals surface area contributed by atoms with Crippen LogP contribution in [0.2, 0.25) is 0 Å². The number of hydrogen-bond donors (Lipinski definition) is 2. The van der Waals surface area contributed by atoms with Crippen molar-refractivity contribution in [1.29, 1.82) is 0 Å². The van der Waals surface area contributed by atoms with E-state index < -0.39 is 10.2 Å². The molecule has 0 aliphatic rings. The average Bonchev–Trinajstić information content (AvgIpc) is 1.85. The van der Waals surface area contributed by atoms with E-state index in [1.807, 2.05) is 0 Å². The summed E-state index contributed by atoms with van der Waals surface area (Å²) in [6, 6.07) is -0.320. The number of carbonyl (C=O) groups excluding carboxylic acids is 1. The minimum absolute atomic E-state index is 0.129. The molecule has 0 spiro atoms. The van der Waals surface area contributed by atoms with E-state index in [9.17, 15) is 4.79 Å². The van der Waals surface area contributed by atoms with Gasteiger partial charge in [0, 0.05) is 6.04 Å². The Bertz CT molecular complexity index is 144. The number of amides is 1. The van der Waals surface area contributed by atoms with E-state index in [4.69, 9.17) is 28.3 Å². The summed E-state index contributed by atoms with van der Waals surface area (Å²) in [5.41, 5.74) is 0. The molecule has 0 saturated carbocycles. The lowest BCUT2D eigenvalue weighted by Crippen LogP contribution is -2.42. The van der Waals surface area contributed by atoms with Crippen molar-refractivity contribution >= 4 is 29.1 Å². The minimum Gasteiger partial charge on any atom is -0.394 e. The highest BCUT2D eigenvalue weighted by atomic mass is 35.5. The molecule has 0 bridgehead atoms. The number of halogens is 2. The third kappa shape index (κ3) is 4.45. The fourth-order valence-corrected chi connectivity index (χ4v) is 0.505. The summed E-state index contributed by atoms with van der Waals surface area (Å²) < 4.78 is -1.43. The van der Waals surface area contributed by atoms with E-state index in [-0.39, 0.29) is 12.6 Å². The molecule has 11 heavy (non-hydrogen) atoms. The van der Waals surface area contributed by atoms with Crippen LogP contribution >= 0.6 is 23.2 Å². The zero-order valence-electron chi connectivity index (χ0n) is 6.40. The molecular weight excluding hydrogens is 189 g/mol. The molecule has 1 amide bonds. The number of alkyl halides is 2. The third-order valence-corrected chi connectivity index (χ3v) is 1.39. The first kappa shape index (κ1) is 11.0. The van der Waals surface area contributed by atoms with Crippen molar-refractivity contribution in [3.63, 3.8) is 0 Å². The maximum Gasteiger partial charge on any atom is 0.256 e. The largest absolute Gasteiger partial charge is 0.394 e. The van der Waals surface area contributed by atoms with Crippen LogP contribution in [0, 0.1) is 0 Å². The third-order valence-electron chi connectivity index (χ3n) is 1.05. The van der Waals surface area contributed by atoms with Crippen molar-refractivity contribution in [2.75, 3.05) is 6.61 Å². The Morgan fingerprint density at radius 1 is 1.73 bits per heavy atom. The van der Waals surface area contributed by atoms with Crippen LogP contribution in [0.25, 0.3) is 0 Å². The Kier molecular flexibility index (Phi) is 4.14. The van der Waals surface area contributed by atoms with Gasteiger partial charge in [-0.15, -0.1) is 0 Å². The summed E-state index contributed by atoms with van der Waals surface area (Å²) in [4.78, 5) is 10.9. The molecule has 1 atom stereocenters. The van der Waals surface area contributed by atoms with Gasteiger partial charge in [0.1, 0.15) is 0 Å². The Morgan fingerprint density at radius 2 is 2.18 bits per heavy atom. The molecule has 0 aromatic rings. The molecule has 0 aliphatic carbocycles. The molecule has 3 nitrogen and oxygen atoms in total. The molecule has 0 aliphatic heterocycles. The Morgan fingerprint density at radius 3 is 2.45 bits per heavy atom. The summed E-state index contributed by atoms with van der Waals surface area (Å²) >= 11 is 10.9. The van der Waals surface area contributed by atoms with Gasteiger partial charge in [0.2, 0.25) is 0 Å². The zero-order chi connectivity index (χ0) is 9.07. The van der Waals surface area contributed by atoms with Gasteiger partial charge >= 0.3 is 0 Å². The summed E-state index contributed by atoms with van der Waals surface area (Å²) in [5, 5.41) is 11.0. The van der Waals surface area contributed by atoms with Gasteiger partial charge in [0.15, 0.2) is 4.33 Å². The maximum absolute atomic E-state index is 10.9. The highest BCUT2D eigenvalue weighted by molar-refractivity contribution is 6.57. The highest BCUT2D eigenvalue weighted by Crippen LogP contribution is 2.19. The van der Waals surface area contributed by atoms with Crippen molar-refractivity contribution in [3.05, 3.63) is 0 Å². The van der Waals surface area contributed by atoms with Crippen LogP contribution in [-0.4, -0.2) is 28.0 Å². The molecule has 5 heteroatoms. The standard InChI is InChI=1S/C6H11Cl2NO2/c1-4(3-10)9-5(11)6(2,7)8/h4,10H,3H2,1-2H3,(H,9,11). The highest BCUT2D eigenvalue weighted by Gasteiger charge is 2.27. The summed E-state index contributed by atoms with van der Waals surface area (Å²) in [7, 11) is 0. The normalized spacial score (nSPS) is 14.3. The predicted octanol–water partition coefficient (Wildman–Crippen LogP) is 0.677. The predicted molar refractivity (Wildman–Crippen MR) is 44.8 cm³/mol. The van der Waals surface area contributed by atoms with Crippen LogP contribution < -0.4 is 5.32 Å². The molecule has 0 aromatic carbocycles. The van der Waals surface area contributed by atoms with E-state index in [2.05, 4.69) is 5.32 Å². The molecule has 0 heterocycles. The van der Waals surface area contributed by atoms with Gasteiger partial charge in [-0.2, -0.15) is 0 Å². The smallest absolute Gasteiger partial charge is 0.256 e. The summed E-state index contributed by atoms with van der Waals surface area (Å²) in [6.07, 6.45) is 0. The molecular formula is C6H11Cl2NO2.